The average molecular weight is 303 g/mol. The van der Waals surface area contributed by atoms with Crippen molar-refractivity contribution in [2.75, 3.05) is 19.7 Å². The van der Waals surface area contributed by atoms with Gasteiger partial charge in [-0.05, 0) is 24.7 Å². The lowest BCUT2D eigenvalue weighted by Gasteiger charge is -2.46. The van der Waals surface area contributed by atoms with Crippen molar-refractivity contribution in [3.8, 4) is 0 Å². The maximum atomic E-state index is 12.5. The van der Waals surface area contributed by atoms with Crippen molar-refractivity contribution in [2.24, 2.45) is 23.5 Å². The Bertz CT molecular complexity index is 459. The second-order valence-corrected chi connectivity index (χ2v) is 8.48. The van der Waals surface area contributed by atoms with Crippen LogP contribution in [0.3, 0.4) is 0 Å². The van der Waals surface area contributed by atoms with Gasteiger partial charge in [-0.15, -0.1) is 0 Å². The van der Waals surface area contributed by atoms with Crippen LogP contribution in [0.25, 0.3) is 0 Å². The van der Waals surface area contributed by atoms with Gasteiger partial charge in [-0.1, -0.05) is 13.8 Å². The highest BCUT2D eigenvalue weighted by atomic mass is 32.2. The average Bonchev–Trinajstić information content (AvgIpc) is 2.79. The van der Waals surface area contributed by atoms with Gasteiger partial charge in [-0.3, -0.25) is 0 Å². The number of nitrogens with one attached hydrogen (secondary N) is 1. The van der Waals surface area contributed by atoms with Gasteiger partial charge in [-0.25, -0.2) is 0 Å². The van der Waals surface area contributed by atoms with E-state index in [-0.39, 0.29) is 18.2 Å². The summed E-state index contributed by atoms with van der Waals surface area (Å²) in [7, 11) is -3.46. The molecule has 2 saturated heterocycles. The summed E-state index contributed by atoms with van der Waals surface area (Å²) in [5.74, 6) is 1.13. The zero-order valence-electron chi connectivity index (χ0n) is 12.2. The van der Waals surface area contributed by atoms with Crippen LogP contribution < -0.4 is 10.5 Å². The number of hydrogen-bond acceptors (Lipinski definition) is 4. The number of hydrogen-bond donors (Lipinski definition) is 2. The van der Waals surface area contributed by atoms with Gasteiger partial charge >= 0.3 is 0 Å². The van der Waals surface area contributed by atoms with Crippen molar-refractivity contribution < 1.29 is 13.2 Å². The predicted molar refractivity (Wildman–Crippen MR) is 76.2 cm³/mol. The summed E-state index contributed by atoms with van der Waals surface area (Å²) in [6.07, 6.45) is 2.00. The molecular formula is C13H25N3O3S. The minimum absolute atomic E-state index is 0.0283. The van der Waals surface area contributed by atoms with Crippen molar-refractivity contribution in [1.82, 2.24) is 9.03 Å². The van der Waals surface area contributed by atoms with Gasteiger partial charge in [0.25, 0.3) is 10.2 Å². The third-order valence-corrected chi connectivity index (χ3v) is 6.45. The van der Waals surface area contributed by atoms with E-state index in [4.69, 9.17) is 10.5 Å². The van der Waals surface area contributed by atoms with E-state index < -0.39 is 10.2 Å². The Morgan fingerprint density at radius 2 is 1.90 bits per heavy atom. The maximum absolute atomic E-state index is 12.5. The summed E-state index contributed by atoms with van der Waals surface area (Å²) in [4.78, 5) is 0. The van der Waals surface area contributed by atoms with Crippen LogP contribution in [0.15, 0.2) is 0 Å². The van der Waals surface area contributed by atoms with E-state index in [2.05, 4.69) is 18.6 Å². The Kier molecular flexibility index (Phi) is 3.83. The fraction of sp³-hybridized carbons (Fsp3) is 1.00. The van der Waals surface area contributed by atoms with Crippen molar-refractivity contribution in [3.05, 3.63) is 0 Å². The highest BCUT2D eigenvalue weighted by molar-refractivity contribution is 7.87. The van der Waals surface area contributed by atoms with Crippen molar-refractivity contribution in [2.45, 2.75) is 44.9 Å². The number of rotatable bonds is 3. The summed E-state index contributed by atoms with van der Waals surface area (Å²) < 4.78 is 35.0. The van der Waals surface area contributed by atoms with Crippen LogP contribution in [0.2, 0.25) is 0 Å². The second-order valence-electron chi connectivity index (χ2n) is 6.78. The van der Waals surface area contributed by atoms with Gasteiger partial charge in [-0.2, -0.15) is 17.4 Å². The quantitative estimate of drug-likeness (QED) is 0.763. The molecule has 3 fully saturated rings. The van der Waals surface area contributed by atoms with E-state index in [0.717, 1.165) is 12.8 Å². The van der Waals surface area contributed by atoms with E-state index in [1.807, 2.05) is 0 Å². The molecule has 0 amide bonds. The largest absolute Gasteiger partial charge is 0.376 e. The second kappa shape index (κ2) is 5.21. The molecule has 6 atom stereocenters. The van der Waals surface area contributed by atoms with Crippen LogP contribution >= 0.6 is 0 Å². The van der Waals surface area contributed by atoms with Gasteiger partial charge in [0, 0.05) is 31.7 Å². The lowest BCUT2D eigenvalue weighted by molar-refractivity contribution is -0.0100. The summed E-state index contributed by atoms with van der Waals surface area (Å²) in [5, 5.41) is 0. The highest BCUT2D eigenvalue weighted by Gasteiger charge is 2.54. The molecule has 3 N–H and O–H groups in total. The van der Waals surface area contributed by atoms with Crippen LogP contribution in [-0.4, -0.2) is 50.6 Å². The summed E-state index contributed by atoms with van der Waals surface area (Å²) in [5.41, 5.74) is 6.07. The molecule has 0 aromatic heterocycles. The molecule has 0 bridgehead atoms. The first-order valence-corrected chi connectivity index (χ1v) is 8.97. The normalized spacial score (nSPS) is 46.0. The molecule has 6 nitrogen and oxygen atoms in total. The Labute approximate surface area is 121 Å². The Hall–Kier alpha value is -0.210. The molecule has 2 aliphatic heterocycles. The van der Waals surface area contributed by atoms with Crippen LogP contribution in [-0.2, 0) is 14.9 Å². The zero-order valence-corrected chi connectivity index (χ0v) is 13.0. The Balaban J connectivity index is 1.66. The third-order valence-electron chi connectivity index (χ3n) is 4.91. The molecule has 116 valence electrons. The molecule has 0 radical (unpaired) electrons. The fourth-order valence-electron chi connectivity index (χ4n) is 3.94. The van der Waals surface area contributed by atoms with Crippen molar-refractivity contribution in [1.29, 1.82) is 0 Å². The van der Waals surface area contributed by atoms with Gasteiger partial charge in [0.1, 0.15) is 0 Å². The molecule has 1 saturated carbocycles. The van der Waals surface area contributed by atoms with E-state index >= 15 is 0 Å². The smallest absolute Gasteiger partial charge is 0.279 e. The van der Waals surface area contributed by atoms with E-state index in [1.54, 1.807) is 4.31 Å². The molecule has 20 heavy (non-hydrogen) atoms. The minimum Gasteiger partial charge on any atom is -0.376 e. The molecule has 6 unspecified atom stereocenters. The minimum atomic E-state index is -3.46. The number of fused-ring (bicyclic) bond motifs is 1. The lowest BCUT2D eigenvalue weighted by atomic mass is 9.73. The van der Waals surface area contributed by atoms with Gasteiger partial charge in [0.2, 0.25) is 0 Å². The summed E-state index contributed by atoms with van der Waals surface area (Å²) >= 11 is 0. The van der Waals surface area contributed by atoms with Crippen LogP contribution in [0, 0.1) is 17.8 Å². The fourth-order valence-corrected chi connectivity index (χ4v) is 5.63. The monoisotopic (exact) mass is 303 g/mol. The highest BCUT2D eigenvalue weighted by Crippen LogP contribution is 2.38. The number of nitrogens with two attached hydrogens (primary N) is 1. The van der Waals surface area contributed by atoms with Gasteiger partial charge < -0.3 is 10.5 Å². The third kappa shape index (κ3) is 2.50. The van der Waals surface area contributed by atoms with Crippen molar-refractivity contribution in [3.63, 3.8) is 0 Å². The van der Waals surface area contributed by atoms with E-state index in [9.17, 15) is 8.42 Å². The number of ether oxygens (including phenoxy) is 1. The first-order valence-electron chi connectivity index (χ1n) is 7.53. The molecule has 1 aliphatic carbocycles. The van der Waals surface area contributed by atoms with Gasteiger partial charge in [0.15, 0.2) is 0 Å². The topological polar surface area (TPSA) is 84.7 Å². The predicted octanol–water partition coefficient (Wildman–Crippen LogP) is -0.0867. The lowest BCUT2D eigenvalue weighted by Crippen LogP contribution is -2.70. The molecule has 0 aromatic rings. The molecule has 7 heteroatoms. The number of piperidine rings is 1. The molecule has 0 aromatic carbocycles. The first kappa shape index (κ1) is 14.7. The van der Waals surface area contributed by atoms with Crippen LogP contribution in [0.5, 0.6) is 0 Å². The van der Waals surface area contributed by atoms with E-state index in [0.29, 0.717) is 37.5 Å². The Morgan fingerprint density at radius 3 is 2.55 bits per heavy atom. The summed E-state index contributed by atoms with van der Waals surface area (Å²) in [6, 6.07) is -0.378. The number of nitrogens with zero attached hydrogens (tertiary/aromatic N) is 1. The SMILES string of the molecule is CC1CC(C)CN(S(=O)(=O)NC2C(N)C3CCOC32)C1. The maximum Gasteiger partial charge on any atom is 0.279 e. The van der Waals surface area contributed by atoms with Crippen LogP contribution in [0.4, 0.5) is 0 Å². The molecular weight excluding hydrogens is 278 g/mol. The van der Waals surface area contributed by atoms with Crippen LogP contribution in [0.1, 0.15) is 26.7 Å². The molecule has 3 rings (SSSR count). The zero-order chi connectivity index (χ0) is 14.5. The first-order chi connectivity index (χ1) is 9.38. The summed E-state index contributed by atoms with van der Waals surface area (Å²) in [6.45, 7) is 6.08. The van der Waals surface area contributed by atoms with Crippen molar-refractivity contribution >= 4 is 10.2 Å². The van der Waals surface area contributed by atoms with Gasteiger partial charge in [0.05, 0.1) is 12.1 Å². The molecule has 2 heterocycles. The Morgan fingerprint density at radius 1 is 1.25 bits per heavy atom. The van der Waals surface area contributed by atoms with E-state index in [1.165, 1.54) is 0 Å². The molecule has 3 aliphatic rings. The molecule has 0 spiro atoms. The standard InChI is InChI=1S/C13H25N3O3S/c1-8-5-9(2)7-16(6-8)20(17,18)15-12-11(14)10-3-4-19-13(10)12/h8-13,15H,3-7,14H2,1-2H3.